The van der Waals surface area contributed by atoms with Gasteiger partial charge in [0.25, 0.3) is 0 Å². The number of carbonyl (C=O) groups is 1. The zero-order chi connectivity index (χ0) is 14.4. The van der Waals surface area contributed by atoms with Gasteiger partial charge in [-0.15, -0.1) is 0 Å². The molecule has 0 radical (unpaired) electrons. The van der Waals surface area contributed by atoms with Crippen molar-refractivity contribution in [3.63, 3.8) is 0 Å². The Hall–Kier alpha value is -1.51. The molecule has 0 aliphatic heterocycles. The smallest absolute Gasteiger partial charge is 0.431 e. The van der Waals surface area contributed by atoms with E-state index >= 15 is 0 Å². The first-order valence-corrected chi connectivity index (χ1v) is 7.62. The highest BCUT2D eigenvalue weighted by molar-refractivity contribution is 5.63. The average Bonchev–Trinajstić information content (AvgIpc) is 2.48. The SMILES string of the molecule is CCC(C)C1CCC(OC(=O)Oc2ccccc2)CC1. The number of ether oxygens (including phenoxy) is 2. The van der Waals surface area contributed by atoms with Crippen molar-refractivity contribution in [2.75, 3.05) is 0 Å². The molecule has 110 valence electrons. The summed E-state index contributed by atoms with van der Waals surface area (Å²) < 4.78 is 10.5. The zero-order valence-electron chi connectivity index (χ0n) is 12.4. The largest absolute Gasteiger partial charge is 0.514 e. The van der Waals surface area contributed by atoms with Gasteiger partial charge in [0.05, 0.1) is 0 Å². The lowest BCUT2D eigenvalue weighted by Gasteiger charge is -2.31. The molecule has 1 aliphatic carbocycles. The van der Waals surface area contributed by atoms with Crippen LogP contribution < -0.4 is 4.74 Å². The van der Waals surface area contributed by atoms with Gasteiger partial charge in [-0.25, -0.2) is 4.79 Å². The monoisotopic (exact) mass is 276 g/mol. The molecule has 1 aromatic carbocycles. The van der Waals surface area contributed by atoms with E-state index < -0.39 is 6.16 Å². The third-order valence-corrected chi connectivity index (χ3v) is 4.37. The Bertz CT molecular complexity index is 408. The predicted octanol–water partition coefficient (Wildman–Crippen LogP) is 4.81. The summed E-state index contributed by atoms with van der Waals surface area (Å²) in [6.07, 6.45) is 4.88. The molecule has 2 rings (SSSR count). The van der Waals surface area contributed by atoms with Crippen molar-refractivity contribution in [2.45, 2.75) is 52.1 Å². The Balaban J connectivity index is 1.74. The minimum Gasteiger partial charge on any atom is -0.431 e. The van der Waals surface area contributed by atoms with Crippen LogP contribution in [0.2, 0.25) is 0 Å². The van der Waals surface area contributed by atoms with Crippen LogP contribution >= 0.6 is 0 Å². The lowest BCUT2D eigenvalue weighted by atomic mass is 9.79. The van der Waals surface area contributed by atoms with Crippen molar-refractivity contribution in [2.24, 2.45) is 11.8 Å². The van der Waals surface area contributed by atoms with E-state index in [2.05, 4.69) is 13.8 Å². The van der Waals surface area contributed by atoms with Crippen molar-refractivity contribution in [3.05, 3.63) is 30.3 Å². The van der Waals surface area contributed by atoms with Gasteiger partial charge in [-0.2, -0.15) is 0 Å². The quantitative estimate of drug-likeness (QED) is 0.585. The average molecular weight is 276 g/mol. The van der Waals surface area contributed by atoms with Crippen LogP contribution in [0.25, 0.3) is 0 Å². The fourth-order valence-corrected chi connectivity index (χ4v) is 2.85. The molecule has 1 saturated carbocycles. The first-order valence-electron chi connectivity index (χ1n) is 7.62. The highest BCUT2D eigenvalue weighted by atomic mass is 16.7. The molecule has 0 N–H and O–H groups in total. The van der Waals surface area contributed by atoms with E-state index in [9.17, 15) is 4.79 Å². The molecule has 1 aromatic rings. The van der Waals surface area contributed by atoms with Crippen molar-refractivity contribution < 1.29 is 14.3 Å². The topological polar surface area (TPSA) is 35.5 Å². The Morgan fingerprint density at radius 2 is 1.85 bits per heavy atom. The second kappa shape index (κ2) is 7.32. The first-order chi connectivity index (χ1) is 9.69. The van der Waals surface area contributed by atoms with E-state index in [4.69, 9.17) is 9.47 Å². The highest BCUT2D eigenvalue weighted by Gasteiger charge is 2.27. The van der Waals surface area contributed by atoms with Gasteiger partial charge in [0.15, 0.2) is 0 Å². The fourth-order valence-electron chi connectivity index (χ4n) is 2.85. The first kappa shape index (κ1) is 14.9. The van der Waals surface area contributed by atoms with Crippen LogP contribution in [0.5, 0.6) is 5.75 Å². The van der Waals surface area contributed by atoms with Gasteiger partial charge < -0.3 is 9.47 Å². The van der Waals surface area contributed by atoms with Crippen LogP contribution in [0.15, 0.2) is 30.3 Å². The molecule has 0 heterocycles. The summed E-state index contributed by atoms with van der Waals surface area (Å²) in [5.74, 6) is 2.09. The molecule has 20 heavy (non-hydrogen) atoms. The van der Waals surface area contributed by atoms with Gasteiger partial charge in [0, 0.05) is 0 Å². The fraction of sp³-hybridized carbons (Fsp3) is 0.588. The van der Waals surface area contributed by atoms with E-state index in [1.165, 1.54) is 6.42 Å². The standard InChI is InChI=1S/C17H24O3/c1-3-13(2)14-9-11-16(12-10-14)20-17(18)19-15-7-5-4-6-8-15/h4-8,13-14,16H,3,9-12H2,1-2H3. The zero-order valence-corrected chi connectivity index (χ0v) is 12.4. The van der Waals surface area contributed by atoms with Gasteiger partial charge in [0.2, 0.25) is 0 Å². The van der Waals surface area contributed by atoms with E-state index in [0.717, 1.165) is 37.5 Å². The van der Waals surface area contributed by atoms with Crippen LogP contribution in [0.3, 0.4) is 0 Å². The molecular formula is C17H24O3. The Morgan fingerprint density at radius 1 is 1.20 bits per heavy atom. The molecule has 1 atom stereocenters. The van der Waals surface area contributed by atoms with Crippen LogP contribution in [0.1, 0.15) is 46.0 Å². The van der Waals surface area contributed by atoms with E-state index in [-0.39, 0.29) is 6.10 Å². The van der Waals surface area contributed by atoms with Gasteiger partial charge in [0.1, 0.15) is 11.9 Å². The Morgan fingerprint density at radius 3 is 2.45 bits per heavy atom. The third kappa shape index (κ3) is 4.26. The number of rotatable bonds is 4. The Kier molecular flexibility index (Phi) is 5.45. The summed E-state index contributed by atoms with van der Waals surface area (Å²) in [4.78, 5) is 11.7. The molecule has 0 amide bonds. The minimum absolute atomic E-state index is 0.0199. The van der Waals surface area contributed by atoms with Crippen molar-refractivity contribution in [1.82, 2.24) is 0 Å². The number of para-hydroxylation sites is 1. The van der Waals surface area contributed by atoms with Crippen LogP contribution in [0.4, 0.5) is 4.79 Å². The van der Waals surface area contributed by atoms with Gasteiger partial charge in [-0.1, -0.05) is 38.5 Å². The lowest BCUT2D eigenvalue weighted by Crippen LogP contribution is -2.28. The van der Waals surface area contributed by atoms with Crippen LogP contribution in [-0.2, 0) is 4.74 Å². The van der Waals surface area contributed by atoms with Crippen LogP contribution in [0, 0.1) is 11.8 Å². The maximum Gasteiger partial charge on any atom is 0.514 e. The molecule has 0 bridgehead atoms. The maximum atomic E-state index is 11.7. The van der Waals surface area contributed by atoms with E-state index in [1.807, 2.05) is 18.2 Å². The molecule has 1 fully saturated rings. The summed E-state index contributed by atoms with van der Waals surface area (Å²) in [6, 6.07) is 9.05. The highest BCUT2D eigenvalue weighted by Crippen LogP contribution is 2.32. The minimum atomic E-state index is -0.580. The normalized spacial score (nSPS) is 23.9. The molecule has 0 saturated heterocycles. The van der Waals surface area contributed by atoms with Gasteiger partial charge >= 0.3 is 6.16 Å². The van der Waals surface area contributed by atoms with Crippen LogP contribution in [-0.4, -0.2) is 12.3 Å². The molecule has 0 aromatic heterocycles. The van der Waals surface area contributed by atoms with Gasteiger partial charge in [-0.3, -0.25) is 0 Å². The van der Waals surface area contributed by atoms with E-state index in [1.54, 1.807) is 12.1 Å². The predicted molar refractivity (Wildman–Crippen MR) is 78.8 cm³/mol. The third-order valence-electron chi connectivity index (χ3n) is 4.37. The summed E-state index contributed by atoms with van der Waals surface area (Å²) in [6.45, 7) is 4.56. The molecule has 1 aliphatic rings. The van der Waals surface area contributed by atoms with Crippen molar-refractivity contribution in [1.29, 1.82) is 0 Å². The summed E-state index contributed by atoms with van der Waals surface area (Å²) >= 11 is 0. The second-order valence-corrected chi connectivity index (χ2v) is 5.71. The summed E-state index contributed by atoms with van der Waals surface area (Å²) in [5.41, 5.74) is 0. The summed E-state index contributed by atoms with van der Waals surface area (Å²) in [5, 5.41) is 0. The lowest BCUT2D eigenvalue weighted by molar-refractivity contribution is 0.0286. The molecule has 0 spiro atoms. The van der Waals surface area contributed by atoms with Crippen molar-refractivity contribution >= 4 is 6.16 Å². The van der Waals surface area contributed by atoms with Gasteiger partial charge in [-0.05, 0) is 49.7 Å². The Labute approximate surface area is 121 Å². The molecule has 3 heteroatoms. The number of hydrogen-bond donors (Lipinski definition) is 0. The van der Waals surface area contributed by atoms with E-state index in [0.29, 0.717) is 5.75 Å². The second-order valence-electron chi connectivity index (χ2n) is 5.71. The molecule has 3 nitrogen and oxygen atoms in total. The van der Waals surface area contributed by atoms with Crippen molar-refractivity contribution in [3.8, 4) is 5.75 Å². The molecule has 1 unspecified atom stereocenters. The number of hydrogen-bond acceptors (Lipinski definition) is 3. The maximum absolute atomic E-state index is 11.7. The summed E-state index contributed by atoms with van der Waals surface area (Å²) in [7, 11) is 0. The molecular weight excluding hydrogens is 252 g/mol. The number of benzene rings is 1. The number of carbonyl (C=O) groups excluding carboxylic acids is 1.